The van der Waals surface area contributed by atoms with Crippen LogP contribution in [0.5, 0.6) is 0 Å². The molecule has 2 nitrogen and oxygen atoms in total. The molecule has 0 aliphatic heterocycles. The van der Waals surface area contributed by atoms with Gasteiger partial charge in [-0.05, 0) is 62.8 Å². The van der Waals surface area contributed by atoms with Gasteiger partial charge < -0.3 is 10.1 Å². The minimum Gasteiger partial charge on any atom is -0.378 e. The number of hydrogen-bond acceptors (Lipinski definition) is 2. The molecule has 0 radical (unpaired) electrons. The van der Waals surface area contributed by atoms with Crippen LogP contribution in [0.15, 0.2) is 18.2 Å². The van der Waals surface area contributed by atoms with E-state index in [0.29, 0.717) is 17.2 Å². The van der Waals surface area contributed by atoms with Gasteiger partial charge in [0.2, 0.25) is 0 Å². The predicted molar refractivity (Wildman–Crippen MR) is 90.3 cm³/mol. The van der Waals surface area contributed by atoms with E-state index in [-0.39, 0.29) is 0 Å². The van der Waals surface area contributed by atoms with E-state index < -0.39 is 0 Å². The lowest BCUT2D eigenvalue weighted by Gasteiger charge is -2.37. The number of ether oxygens (including phenoxy) is 1. The summed E-state index contributed by atoms with van der Waals surface area (Å²) in [5, 5.41) is 5.08. The average Bonchev–Trinajstić information content (AvgIpc) is 2.41. The third kappa shape index (κ3) is 4.85. The van der Waals surface area contributed by atoms with Crippen molar-refractivity contribution < 1.29 is 4.74 Å². The molecule has 0 saturated heterocycles. The minimum atomic E-state index is 0.308. The predicted octanol–water partition coefficient (Wildman–Crippen LogP) is 5.24. The van der Waals surface area contributed by atoms with Crippen LogP contribution in [0.3, 0.4) is 0 Å². The van der Waals surface area contributed by atoms with Crippen molar-refractivity contribution in [1.82, 2.24) is 5.32 Å². The Kier molecular flexibility index (Phi) is 6.81. The second-order valence-corrected chi connectivity index (χ2v) is 6.67. The van der Waals surface area contributed by atoms with Crippen molar-refractivity contribution in [3.63, 3.8) is 0 Å². The lowest BCUT2D eigenvalue weighted by atomic mass is 9.77. The monoisotopic (exact) mass is 329 g/mol. The Balaban J connectivity index is 1.98. The molecule has 1 saturated carbocycles. The standard InChI is InChI=1S/C17H25Cl2NO/c1-3-7-20-17(10-12-8-14(9-12)21-4-2)15-6-5-13(18)11-16(15)19/h5-6,11-12,14,17,20H,3-4,7-10H2,1-2H3. The van der Waals surface area contributed by atoms with Crippen molar-refractivity contribution in [2.75, 3.05) is 13.2 Å². The van der Waals surface area contributed by atoms with Gasteiger partial charge in [0.05, 0.1) is 6.10 Å². The zero-order valence-corrected chi connectivity index (χ0v) is 14.4. The van der Waals surface area contributed by atoms with Crippen molar-refractivity contribution in [2.45, 2.75) is 51.7 Å². The van der Waals surface area contributed by atoms with Crippen LogP contribution in [-0.2, 0) is 4.74 Å². The first kappa shape index (κ1) is 17.1. The zero-order chi connectivity index (χ0) is 15.2. The van der Waals surface area contributed by atoms with E-state index in [9.17, 15) is 0 Å². The maximum Gasteiger partial charge on any atom is 0.0580 e. The smallest absolute Gasteiger partial charge is 0.0580 e. The molecular formula is C17H25Cl2NO. The number of benzene rings is 1. The first-order chi connectivity index (χ1) is 10.1. The van der Waals surface area contributed by atoms with Gasteiger partial charge in [0.15, 0.2) is 0 Å². The summed E-state index contributed by atoms with van der Waals surface area (Å²) in [6.07, 6.45) is 5.04. The van der Waals surface area contributed by atoms with Gasteiger partial charge in [-0.3, -0.25) is 0 Å². The maximum absolute atomic E-state index is 6.38. The molecule has 118 valence electrons. The Morgan fingerprint density at radius 2 is 2.05 bits per heavy atom. The maximum atomic E-state index is 6.38. The summed E-state index contributed by atoms with van der Waals surface area (Å²) in [6.45, 7) is 6.07. The highest BCUT2D eigenvalue weighted by atomic mass is 35.5. The van der Waals surface area contributed by atoms with E-state index in [1.54, 1.807) is 0 Å². The van der Waals surface area contributed by atoms with Gasteiger partial charge in [0.25, 0.3) is 0 Å². The summed E-state index contributed by atoms with van der Waals surface area (Å²) in [4.78, 5) is 0. The van der Waals surface area contributed by atoms with Crippen LogP contribution in [-0.4, -0.2) is 19.3 Å². The van der Waals surface area contributed by atoms with Crippen LogP contribution in [0.2, 0.25) is 10.0 Å². The van der Waals surface area contributed by atoms with E-state index in [1.807, 2.05) is 12.1 Å². The summed E-state index contributed by atoms with van der Waals surface area (Å²) >= 11 is 12.4. The molecule has 1 N–H and O–H groups in total. The number of rotatable bonds is 8. The molecule has 2 rings (SSSR count). The van der Waals surface area contributed by atoms with Crippen LogP contribution in [0, 0.1) is 5.92 Å². The van der Waals surface area contributed by atoms with Crippen LogP contribution in [0.25, 0.3) is 0 Å². The molecular weight excluding hydrogens is 305 g/mol. The Bertz CT molecular complexity index is 446. The van der Waals surface area contributed by atoms with Crippen LogP contribution in [0.4, 0.5) is 0 Å². The molecule has 1 aliphatic carbocycles. The average molecular weight is 330 g/mol. The molecule has 0 heterocycles. The lowest BCUT2D eigenvalue weighted by molar-refractivity contribution is -0.0291. The zero-order valence-electron chi connectivity index (χ0n) is 12.9. The second kappa shape index (κ2) is 8.38. The normalized spacial score (nSPS) is 22.9. The van der Waals surface area contributed by atoms with Crippen molar-refractivity contribution >= 4 is 23.2 Å². The van der Waals surface area contributed by atoms with Gasteiger partial charge in [0, 0.05) is 22.7 Å². The highest BCUT2D eigenvalue weighted by Crippen LogP contribution is 2.38. The molecule has 0 spiro atoms. The van der Waals surface area contributed by atoms with Crippen LogP contribution < -0.4 is 5.32 Å². The largest absolute Gasteiger partial charge is 0.378 e. The second-order valence-electron chi connectivity index (χ2n) is 5.82. The fourth-order valence-electron chi connectivity index (χ4n) is 3.00. The first-order valence-electron chi connectivity index (χ1n) is 7.93. The van der Waals surface area contributed by atoms with E-state index in [1.165, 1.54) is 12.8 Å². The fraction of sp³-hybridized carbons (Fsp3) is 0.647. The summed E-state index contributed by atoms with van der Waals surface area (Å²) in [6, 6.07) is 6.12. The molecule has 1 aliphatic rings. The van der Waals surface area contributed by atoms with E-state index in [0.717, 1.165) is 42.5 Å². The van der Waals surface area contributed by atoms with Crippen molar-refractivity contribution in [3.05, 3.63) is 33.8 Å². The summed E-state index contributed by atoms with van der Waals surface area (Å²) in [5.41, 5.74) is 1.16. The van der Waals surface area contributed by atoms with Gasteiger partial charge in [-0.25, -0.2) is 0 Å². The Hall–Kier alpha value is -0.280. The highest BCUT2D eigenvalue weighted by molar-refractivity contribution is 6.35. The van der Waals surface area contributed by atoms with Gasteiger partial charge in [-0.1, -0.05) is 36.2 Å². The van der Waals surface area contributed by atoms with E-state index >= 15 is 0 Å². The summed E-state index contributed by atoms with van der Waals surface area (Å²) in [5.74, 6) is 0.725. The number of halogens is 2. The number of nitrogens with one attached hydrogen (secondary N) is 1. The van der Waals surface area contributed by atoms with Gasteiger partial charge in [0.1, 0.15) is 0 Å². The van der Waals surface area contributed by atoms with Crippen molar-refractivity contribution in [3.8, 4) is 0 Å². The van der Waals surface area contributed by atoms with Gasteiger partial charge >= 0.3 is 0 Å². The quantitative estimate of drug-likeness (QED) is 0.704. The Morgan fingerprint density at radius 1 is 1.29 bits per heavy atom. The molecule has 21 heavy (non-hydrogen) atoms. The van der Waals surface area contributed by atoms with Gasteiger partial charge in [-0.15, -0.1) is 0 Å². The minimum absolute atomic E-state index is 0.308. The molecule has 0 bridgehead atoms. The van der Waals surface area contributed by atoms with E-state index in [4.69, 9.17) is 27.9 Å². The third-order valence-corrected chi connectivity index (χ3v) is 4.70. The topological polar surface area (TPSA) is 21.3 Å². The third-order valence-electron chi connectivity index (χ3n) is 4.14. The molecule has 1 fully saturated rings. The molecule has 0 aromatic heterocycles. The molecule has 1 unspecified atom stereocenters. The van der Waals surface area contributed by atoms with E-state index in [2.05, 4.69) is 25.2 Å². The summed E-state index contributed by atoms with van der Waals surface area (Å²) in [7, 11) is 0. The molecule has 1 atom stereocenters. The fourth-order valence-corrected chi connectivity index (χ4v) is 3.54. The Labute approximate surface area is 138 Å². The highest BCUT2D eigenvalue weighted by Gasteiger charge is 2.32. The Morgan fingerprint density at radius 3 is 2.67 bits per heavy atom. The van der Waals surface area contributed by atoms with Gasteiger partial charge in [-0.2, -0.15) is 0 Å². The lowest BCUT2D eigenvalue weighted by Crippen LogP contribution is -2.35. The molecule has 1 aromatic rings. The molecule has 0 amide bonds. The van der Waals surface area contributed by atoms with Crippen LogP contribution in [0.1, 0.15) is 51.1 Å². The molecule has 4 heteroatoms. The molecule has 1 aromatic carbocycles. The van der Waals surface area contributed by atoms with Crippen molar-refractivity contribution in [2.24, 2.45) is 5.92 Å². The van der Waals surface area contributed by atoms with Crippen molar-refractivity contribution in [1.29, 1.82) is 0 Å². The first-order valence-corrected chi connectivity index (χ1v) is 8.69. The van der Waals surface area contributed by atoms with Crippen LogP contribution >= 0.6 is 23.2 Å². The summed E-state index contributed by atoms with van der Waals surface area (Å²) < 4.78 is 5.65. The SMILES string of the molecule is CCCNC(CC1CC(OCC)C1)c1ccc(Cl)cc1Cl. The number of hydrogen-bond donors (Lipinski definition) is 1.